The van der Waals surface area contributed by atoms with E-state index >= 15 is 0 Å². The minimum absolute atomic E-state index is 0.0234. The minimum Gasteiger partial charge on any atom is -0.497 e. The quantitative estimate of drug-likeness (QED) is 0.422. The molecule has 5 rings (SSSR count). The molecule has 0 saturated carbocycles. The third-order valence-electron chi connectivity index (χ3n) is 7.51. The summed E-state index contributed by atoms with van der Waals surface area (Å²) in [5, 5.41) is 6.54. The Morgan fingerprint density at radius 2 is 1.62 bits per heavy atom. The van der Waals surface area contributed by atoms with Crippen LogP contribution in [0.5, 0.6) is 11.5 Å². The van der Waals surface area contributed by atoms with Crippen molar-refractivity contribution in [3.05, 3.63) is 95.6 Å². The highest BCUT2D eigenvalue weighted by atomic mass is 16.5. The van der Waals surface area contributed by atoms with E-state index in [2.05, 4.69) is 35.2 Å². The second kappa shape index (κ2) is 11.6. The number of benzene rings is 3. The molecule has 3 aromatic carbocycles. The summed E-state index contributed by atoms with van der Waals surface area (Å²) in [6, 6.07) is 26.3. The van der Waals surface area contributed by atoms with Crippen LogP contribution in [0.1, 0.15) is 42.0 Å². The van der Waals surface area contributed by atoms with Gasteiger partial charge in [0.25, 0.3) is 5.91 Å². The van der Waals surface area contributed by atoms with Crippen LogP contribution in [0.25, 0.3) is 0 Å². The molecule has 6 nitrogen and oxygen atoms in total. The van der Waals surface area contributed by atoms with Gasteiger partial charge in [-0.1, -0.05) is 60.7 Å². The number of methoxy groups -OCH3 is 2. The summed E-state index contributed by atoms with van der Waals surface area (Å²) in [5.41, 5.74) is 4.29. The molecular formula is C31H35N3O3. The summed E-state index contributed by atoms with van der Waals surface area (Å²) in [4.78, 5) is 16.0. The van der Waals surface area contributed by atoms with Crippen molar-refractivity contribution >= 4 is 11.6 Å². The van der Waals surface area contributed by atoms with Crippen molar-refractivity contribution in [3.63, 3.8) is 0 Å². The van der Waals surface area contributed by atoms with Crippen molar-refractivity contribution in [1.29, 1.82) is 0 Å². The van der Waals surface area contributed by atoms with Gasteiger partial charge in [-0.05, 0) is 61.5 Å². The Kier molecular flexibility index (Phi) is 7.85. The molecule has 0 bridgehead atoms. The number of rotatable bonds is 8. The molecule has 1 amide bonds. The molecule has 0 unspecified atom stereocenters. The minimum atomic E-state index is -0.223. The van der Waals surface area contributed by atoms with Crippen molar-refractivity contribution in [2.45, 2.75) is 31.7 Å². The van der Waals surface area contributed by atoms with Gasteiger partial charge in [-0.3, -0.25) is 9.69 Å². The molecule has 1 fully saturated rings. The van der Waals surface area contributed by atoms with E-state index in [1.165, 1.54) is 5.56 Å². The van der Waals surface area contributed by atoms with Gasteiger partial charge in [0.1, 0.15) is 11.5 Å². The summed E-state index contributed by atoms with van der Waals surface area (Å²) >= 11 is 0. The number of piperidine rings is 1. The van der Waals surface area contributed by atoms with Gasteiger partial charge in [-0.15, -0.1) is 0 Å². The lowest BCUT2D eigenvalue weighted by Crippen LogP contribution is -2.42. The first-order valence-electron chi connectivity index (χ1n) is 13.1. The van der Waals surface area contributed by atoms with Crippen molar-refractivity contribution < 1.29 is 14.3 Å². The van der Waals surface area contributed by atoms with E-state index in [0.717, 1.165) is 54.9 Å². The normalized spacial score (nSPS) is 18.5. The number of amides is 1. The number of carbonyl (C=O) groups excluding carboxylic acids is 1. The number of nitrogens with zero attached hydrogens (tertiary/aromatic N) is 3. The largest absolute Gasteiger partial charge is 0.497 e. The predicted molar refractivity (Wildman–Crippen MR) is 146 cm³/mol. The Hall–Kier alpha value is -3.64. The standard InChI is InChI=1S/C31H35N3O3/c1-36-26-13-14-27(30(20-26)37-2)29-21-28(25-11-7-4-8-12-25)32-34(29)31(35)22-33-17-15-24(16-18-33)19-23-9-5-3-6-10-23/h3-14,20,24,29H,15-19,21-22H2,1-2H3/t29-/m0/s1. The Labute approximate surface area is 219 Å². The first-order chi connectivity index (χ1) is 18.1. The number of carbonyl (C=O) groups is 1. The van der Waals surface area contributed by atoms with Gasteiger partial charge in [0, 0.05) is 18.1 Å². The molecule has 2 aliphatic heterocycles. The molecule has 0 radical (unpaired) electrons. The Morgan fingerprint density at radius 1 is 0.919 bits per heavy atom. The van der Waals surface area contributed by atoms with E-state index in [4.69, 9.17) is 14.6 Å². The van der Waals surface area contributed by atoms with Gasteiger partial charge in [0.2, 0.25) is 0 Å². The maximum Gasteiger partial charge on any atom is 0.257 e. The fraction of sp³-hybridized carbons (Fsp3) is 0.355. The molecule has 2 aliphatic rings. The molecule has 1 atom stereocenters. The Morgan fingerprint density at radius 3 is 2.30 bits per heavy atom. The lowest BCUT2D eigenvalue weighted by molar-refractivity contribution is -0.134. The van der Waals surface area contributed by atoms with E-state index in [9.17, 15) is 4.79 Å². The first-order valence-corrected chi connectivity index (χ1v) is 13.1. The number of hydrogen-bond acceptors (Lipinski definition) is 5. The summed E-state index contributed by atoms with van der Waals surface area (Å²) in [6.07, 6.45) is 3.96. The fourth-order valence-electron chi connectivity index (χ4n) is 5.44. The molecule has 192 valence electrons. The van der Waals surface area contributed by atoms with Crippen LogP contribution < -0.4 is 9.47 Å². The first kappa shape index (κ1) is 25.0. The number of ether oxygens (including phenoxy) is 2. The maximum absolute atomic E-state index is 13.7. The predicted octanol–water partition coefficient (Wildman–Crippen LogP) is 5.34. The van der Waals surface area contributed by atoms with Crippen LogP contribution in [0.2, 0.25) is 0 Å². The highest BCUT2D eigenvalue weighted by molar-refractivity contribution is 6.03. The van der Waals surface area contributed by atoms with Gasteiger partial charge in [-0.2, -0.15) is 5.10 Å². The van der Waals surface area contributed by atoms with Crippen LogP contribution in [0.4, 0.5) is 0 Å². The zero-order chi connectivity index (χ0) is 25.6. The number of hydrazone groups is 1. The van der Waals surface area contributed by atoms with Crippen molar-refractivity contribution in [3.8, 4) is 11.5 Å². The smallest absolute Gasteiger partial charge is 0.257 e. The van der Waals surface area contributed by atoms with Gasteiger partial charge in [0.05, 0.1) is 32.5 Å². The van der Waals surface area contributed by atoms with E-state index in [-0.39, 0.29) is 11.9 Å². The topological polar surface area (TPSA) is 54.4 Å². The van der Waals surface area contributed by atoms with Crippen LogP contribution in [-0.4, -0.2) is 55.4 Å². The third kappa shape index (κ3) is 5.86. The monoisotopic (exact) mass is 497 g/mol. The highest BCUT2D eigenvalue weighted by Crippen LogP contribution is 2.39. The van der Waals surface area contributed by atoms with Gasteiger partial charge in [-0.25, -0.2) is 5.01 Å². The zero-order valence-electron chi connectivity index (χ0n) is 21.7. The van der Waals surface area contributed by atoms with E-state index < -0.39 is 0 Å². The Balaban J connectivity index is 1.30. The maximum atomic E-state index is 13.7. The number of hydrogen-bond donors (Lipinski definition) is 0. The lowest BCUT2D eigenvalue weighted by Gasteiger charge is -2.33. The third-order valence-corrected chi connectivity index (χ3v) is 7.51. The summed E-state index contributed by atoms with van der Waals surface area (Å²) in [6.45, 7) is 2.24. The van der Waals surface area contributed by atoms with E-state index in [1.54, 1.807) is 19.2 Å². The van der Waals surface area contributed by atoms with Crippen molar-refractivity contribution in [2.75, 3.05) is 33.9 Å². The molecule has 1 saturated heterocycles. The lowest BCUT2D eigenvalue weighted by atomic mass is 9.90. The second-order valence-electron chi connectivity index (χ2n) is 9.89. The van der Waals surface area contributed by atoms with E-state index in [1.807, 2.05) is 48.5 Å². The highest BCUT2D eigenvalue weighted by Gasteiger charge is 2.36. The van der Waals surface area contributed by atoms with E-state index in [0.29, 0.717) is 24.6 Å². The summed E-state index contributed by atoms with van der Waals surface area (Å²) < 4.78 is 11.1. The SMILES string of the molecule is COc1ccc([C@@H]2CC(c3ccccc3)=NN2C(=O)CN2CCC(Cc3ccccc3)CC2)c(OC)c1. The zero-order valence-corrected chi connectivity index (χ0v) is 21.7. The van der Waals surface area contributed by atoms with Crippen molar-refractivity contribution in [2.24, 2.45) is 11.0 Å². The fourth-order valence-corrected chi connectivity index (χ4v) is 5.44. The van der Waals surface area contributed by atoms with Crippen LogP contribution in [0.3, 0.4) is 0 Å². The molecule has 0 aliphatic carbocycles. The average Bonchev–Trinajstić information content (AvgIpc) is 3.40. The van der Waals surface area contributed by atoms with Crippen LogP contribution in [0.15, 0.2) is 84.0 Å². The van der Waals surface area contributed by atoms with Crippen LogP contribution in [0, 0.1) is 5.92 Å². The van der Waals surface area contributed by atoms with Crippen LogP contribution in [-0.2, 0) is 11.2 Å². The molecule has 37 heavy (non-hydrogen) atoms. The summed E-state index contributed by atoms with van der Waals surface area (Å²) in [7, 11) is 3.29. The second-order valence-corrected chi connectivity index (χ2v) is 9.89. The van der Waals surface area contributed by atoms with Crippen molar-refractivity contribution in [1.82, 2.24) is 9.91 Å². The molecule has 0 N–H and O–H groups in total. The Bertz CT molecular complexity index is 1220. The average molecular weight is 498 g/mol. The van der Waals surface area contributed by atoms with Crippen LogP contribution >= 0.6 is 0 Å². The molecule has 6 heteroatoms. The molecule has 0 spiro atoms. The molecule has 3 aromatic rings. The van der Waals surface area contributed by atoms with Gasteiger partial charge >= 0.3 is 0 Å². The molecule has 2 heterocycles. The van der Waals surface area contributed by atoms with Gasteiger partial charge in [0.15, 0.2) is 0 Å². The molecular weight excluding hydrogens is 462 g/mol. The summed E-state index contributed by atoms with van der Waals surface area (Å²) in [5.74, 6) is 2.11. The number of likely N-dealkylation sites (tertiary alicyclic amines) is 1. The molecule has 0 aromatic heterocycles. The van der Waals surface area contributed by atoms with Gasteiger partial charge < -0.3 is 9.47 Å².